The zero-order valence-corrected chi connectivity index (χ0v) is 16.2. The maximum Gasteiger partial charge on any atom is 0.175 e. The number of aromatic nitrogens is 3. The van der Waals surface area contributed by atoms with Gasteiger partial charge in [0.05, 0.1) is 18.2 Å². The minimum Gasteiger partial charge on any atom is -0.387 e. The first kappa shape index (κ1) is 18.7. The van der Waals surface area contributed by atoms with E-state index in [1.165, 1.54) is 12.8 Å². The zero-order valence-electron chi connectivity index (χ0n) is 16.2. The van der Waals surface area contributed by atoms with E-state index in [4.69, 9.17) is 11.0 Å². The average molecular weight is 385 g/mol. The van der Waals surface area contributed by atoms with Gasteiger partial charge in [0.2, 0.25) is 0 Å². The lowest BCUT2D eigenvalue weighted by Crippen LogP contribution is -2.19. The van der Waals surface area contributed by atoms with Crippen LogP contribution in [-0.2, 0) is 13.0 Å². The maximum absolute atomic E-state index is 8.87. The number of nitrogens with two attached hydrogens (primary N) is 1. The number of anilines is 1. The Balaban J connectivity index is 1.37. The van der Waals surface area contributed by atoms with Crippen LogP contribution in [0, 0.1) is 11.3 Å². The van der Waals surface area contributed by atoms with Crippen molar-refractivity contribution < 1.29 is 0 Å². The van der Waals surface area contributed by atoms with E-state index in [1.807, 2.05) is 30.6 Å². The fraction of sp³-hybridized carbons (Fsp3) is 0.273. The van der Waals surface area contributed by atoms with Crippen LogP contribution in [0.3, 0.4) is 0 Å². The van der Waals surface area contributed by atoms with Gasteiger partial charge >= 0.3 is 0 Å². The molecule has 0 amide bonds. The highest BCUT2D eigenvalue weighted by Crippen LogP contribution is 2.18. The minimum absolute atomic E-state index is 0.504. The van der Waals surface area contributed by atoms with Crippen LogP contribution < -0.4 is 10.6 Å². The molecule has 0 bridgehead atoms. The molecule has 7 heteroatoms. The molecule has 0 saturated carbocycles. The average Bonchev–Trinajstić information content (AvgIpc) is 3.42. The minimum atomic E-state index is 0.504. The number of benzene rings is 1. The third-order valence-electron chi connectivity index (χ3n) is 4.94. The van der Waals surface area contributed by atoms with Gasteiger partial charge in [-0.15, -0.1) is 0 Å². The Kier molecular flexibility index (Phi) is 5.52. The third-order valence-corrected chi connectivity index (χ3v) is 4.94. The number of nitriles is 1. The van der Waals surface area contributed by atoms with E-state index in [0.717, 1.165) is 30.0 Å². The van der Waals surface area contributed by atoms with Crippen LogP contribution in [-0.4, -0.2) is 33.7 Å². The van der Waals surface area contributed by atoms with Gasteiger partial charge in [-0.1, -0.05) is 18.2 Å². The smallest absolute Gasteiger partial charge is 0.175 e. The lowest BCUT2D eigenvalue weighted by molar-refractivity contribution is 0.688. The number of hydrogen-bond acceptors (Lipinski definition) is 5. The van der Waals surface area contributed by atoms with Crippen molar-refractivity contribution in [3.05, 3.63) is 71.5 Å². The number of rotatable bonds is 6. The second-order valence-electron chi connectivity index (χ2n) is 7.18. The van der Waals surface area contributed by atoms with Crippen LogP contribution >= 0.6 is 0 Å². The van der Waals surface area contributed by atoms with Crippen molar-refractivity contribution in [3.63, 3.8) is 0 Å². The van der Waals surface area contributed by atoms with E-state index in [9.17, 15) is 0 Å². The highest BCUT2D eigenvalue weighted by atomic mass is 15.3. The van der Waals surface area contributed by atoms with Gasteiger partial charge in [-0.25, -0.2) is 9.98 Å². The largest absolute Gasteiger partial charge is 0.387 e. The Hall–Kier alpha value is -3.66. The van der Waals surface area contributed by atoms with Crippen molar-refractivity contribution in [3.8, 4) is 6.07 Å². The fourth-order valence-electron chi connectivity index (χ4n) is 3.42. The molecule has 0 unspecified atom stereocenters. The normalized spacial score (nSPS) is 14.2. The van der Waals surface area contributed by atoms with Crippen molar-refractivity contribution in [1.29, 1.82) is 5.26 Å². The fourth-order valence-corrected chi connectivity index (χ4v) is 3.42. The van der Waals surface area contributed by atoms with Crippen molar-refractivity contribution in [2.24, 2.45) is 10.7 Å². The summed E-state index contributed by atoms with van der Waals surface area (Å²) < 4.78 is 1.81. The van der Waals surface area contributed by atoms with Crippen molar-refractivity contribution in [2.75, 3.05) is 18.0 Å². The lowest BCUT2D eigenvalue weighted by atomic mass is 10.1. The summed E-state index contributed by atoms with van der Waals surface area (Å²) in [5.41, 5.74) is 8.87. The summed E-state index contributed by atoms with van der Waals surface area (Å²) in [4.78, 5) is 11.3. The van der Waals surface area contributed by atoms with Gasteiger partial charge in [0.1, 0.15) is 11.7 Å². The molecule has 1 aliphatic rings. The summed E-state index contributed by atoms with van der Waals surface area (Å²) in [5, 5.41) is 13.3. The van der Waals surface area contributed by atoms with Crippen LogP contribution in [0.4, 0.5) is 11.6 Å². The predicted molar refractivity (Wildman–Crippen MR) is 113 cm³/mol. The SMILES string of the molecule is N#Cc1ccc(Cn2ccc(N=C(N)Cc3ccc(N4CCCC4)nc3)n2)cc1. The van der Waals surface area contributed by atoms with Crippen LogP contribution in [0.25, 0.3) is 0 Å². The van der Waals surface area contributed by atoms with Crippen LogP contribution in [0.15, 0.2) is 59.9 Å². The molecule has 0 radical (unpaired) electrons. The number of hydrogen-bond donors (Lipinski definition) is 1. The lowest BCUT2D eigenvalue weighted by Gasteiger charge is -2.16. The molecule has 1 fully saturated rings. The monoisotopic (exact) mass is 385 g/mol. The summed E-state index contributed by atoms with van der Waals surface area (Å²) in [6, 6.07) is 15.5. The Labute approximate surface area is 170 Å². The van der Waals surface area contributed by atoms with Crippen LogP contribution in [0.2, 0.25) is 0 Å². The summed E-state index contributed by atoms with van der Waals surface area (Å²) in [7, 11) is 0. The highest BCUT2D eigenvalue weighted by molar-refractivity contribution is 5.84. The van der Waals surface area contributed by atoms with E-state index in [1.54, 1.807) is 16.8 Å². The molecular formula is C22H23N7. The molecule has 1 aliphatic heterocycles. The van der Waals surface area contributed by atoms with Gasteiger partial charge < -0.3 is 10.6 Å². The number of aliphatic imine (C=N–C) groups is 1. The quantitative estimate of drug-likeness (QED) is 0.520. The van der Waals surface area contributed by atoms with E-state index < -0.39 is 0 Å². The standard InChI is InChI=1S/C22H23N7/c23-14-17-3-5-18(6-4-17)16-29-12-9-21(27-29)26-20(24)13-19-7-8-22(25-15-19)28-10-1-2-11-28/h3-9,12,15H,1-2,10-11,13,16H2,(H2,24,26,27). The number of amidine groups is 1. The molecule has 3 aromatic rings. The molecule has 29 heavy (non-hydrogen) atoms. The second kappa shape index (κ2) is 8.57. The topological polar surface area (TPSA) is 96.1 Å². The third kappa shape index (κ3) is 4.79. The van der Waals surface area contributed by atoms with Crippen molar-refractivity contribution in [2.45, 2.75) is 25.8 Å². The Morgan fingerprint density at radius 2 is 1.83 bits per heavy atom. The van der Waals surface area contributed by atoms with Crippen molar-refractivity contribution >= 4 is 17.5 Å². The molecule has 2 aromatic heterocycles. The maximum atomic E-state index is 8.87. The van der Waals surface area contributed by atoms with Crippen molar-refractivity contribution in [1.82, 2.24) is 14.8 Å². The Morgan fingerprint density at radius 1 is 1.07 bits per heavy atom. The molecule has 0 spiro atoms. The Bertz CT molecular complexity index is 1020. The molecule has 4 rings (SSSR count). The van der Waals surface area contributed by atoms with Gasteiger partial charge in [0, 0.05) is 38.0 Å². The summed E-state index contributed by atoms with van der Waals surface area (Å²) in [6.45, 7) is 2.78. The second-order valence-corrected chi connectivity index (χ2v) is 7.18. The number of nitrogens with zero attached hydrogens (tertiary/aromatic N) is 6. The van der Waals surface area contributed by atoms with E-state index in [-0.39, 0.29) is 0 Å². The summed E-state index contributed by atoms with van der Waals surface area (Å²) in [5.74, 6) is 2.12. The first-order valence-electron chi connectivity index (χ1n) is 9.75. The molecule has 7 nitrogen and oxygen atoms in total. The Morgan fingerprint density at radius 3 is 2.52 bits per heavy atom. The van der Waals surface area contributed by atoms with E-state index >= 15 is 0 Å². The molecule has 146 valence electrons. The molecule has 1 aromatic carbocycles. The van der Waals surface area contributed by atoms with Gasteiger partial charge in [-0.2, -0.15) is 10.4 Å². The highest BCUT2D eigenvalue weighted by Gasteiger charge is 2.13. The zero-order chi connectivity index (χ0) is 20.1. The molecule has 2 N–H and O–H groups in total. The van der Waals surface area contributed by atoms with Gasteiger partial charge in [0.25, 0.3) is 0 Å². The molecular weight excluding hydrogens is 362 g/mol. The molecule has 0 atom stereocenters. The van der Waals surface area contributed by atoms with Crippen LogP contribution in [0.5, 0.6) is 0 Å². The van der Waals surface area contributed by atoms with E-state index in [2.05, 4.69) is 38.2 Å². The summed E-state index contributed by atoms with van der Waals surface area (Å²) >= 11 is 0. The molecule has 3 heterocycles. The van der Waals surface area contributed by atoms with Gasteiger partial charge in [0.15, 0.2) is 5.82 Å². The summed E-state index contributed by atoms with van der Waals surface area (Å²) in [6.07, 6.45) is 6.76. The van der Waals surface area contributed by atoms with Gasteiger partial charge in [-0.05, 0) is 42.2 Å². The molecule has 0 aliphatic carbocycles. The van der Waals surface area contributed by atoms with E-state index in [0.29, 0.717) is 30.2 Å². The first-order chi connectivity index (χ1) is 14.2. The molecule has 1 saturated heterocycles. The predicted octanol–water partition coefficient (Wildman–Crippen LogP) is 3.03. The number of pyridine rings is 1. The van der Waals surface area contributed by atoms with Crippen LogP contribution in [0.1, 0.15) is 29.5 Å². The first-order valence-corrected chi connectivity index (χ1v) is 9.75. The van der Waals surface area contributed by atoms with Gasteiger partial charge in [-0.3, -0.25) is 4.68 Å².